The summed E-state index contributed by atoms with van der Waals surface area (Å²) in [4.78, 5) is 12.7. The van der Waals surface area contributed by atoms with E-state index >= 15 is 0 Å². The Hall–Kier alpha value is -2.18. The van der Waals surface area contributed by atoms with Crippen molar-refractivity contribution in [3.8, 4) is 0 Å². The lowest BCUT2D eigenvalue weighted by atomic mass is 10.1. The van der Waals surface area contributed by atoms with Crippen LogP contribution >= 0.6 is 0 Å². The van der Waals surface area contributed by atoms with Crippen LogP contribution in [0, 0.1) is 13.8 Å². The predicted octanol–water partition coefficient (Wildman–Crippen LogP) is 3.73. The zero-order chi connectivity index (χ0) is 18.7. The molecule has 0 aromatic heterocycles. The average molecular weight is 372 g/mol. The lowest BCUT2D eigenvalue weighted by Crippen LogP contribution is -2.35. The molecule has 1 saturated heterocycles. The minimum absolute atomic E-state index is 0.239. The van der Waals surface area contributed by atoms with Gasteiger partial charge in [-0.2, -0.15) is 4.31 Å². The van der Waals surface area contributed by atoms with E-state index in [4.69, 9.17) is 0 Å². The molecule has 0 atom stereocenters. The first kappa shape index (κ1) is 18.6. The van der Waals surface area contributed by atoms with Crippen molar-refractivity contribution < 1.29 is 13.2 Å². The van der Waals surface area contributed by atoms with Crippen LogP contribution in [0.15, 0.2) is 47.4 Å². The van der Waals surface area contributed by atoms with Crippen molar-refractivity contribution in [2.24, 2.45) is 0 Å². The number of benzene rings is 2. The van der Waals surface area contributed by atoms with E-state index in [2.05, 4.69) is 5.32 Å². The average Bonchev–Trinajstić information content (AvgIpc) is 2.65. The molecule has 1 aliphatic heterocycles. The molecule has 5 nitrogen and oxygen atoms in total. The molecule has 0 aliphatic carbocycles. The highest BCUT2D eigenvalue weighted by atomic mass is 32.2. The van der Waals surface area contributed by atoms with E-state index in [1.807, 2.05) is 32.0 Å². The summed E-state index contributed by atoms with van der Waals surface area (Å²) in [6.07, 6.45) is 2.87. The lowest BCUT2D eigenvalue weighted by Gasteiger charge is -2.25. The van der Waals surface area contributed by atoms with Gasteiger partial charge >= 0.3 is 0 Å². The molecular weight excluding hydrogens is 348 g/mol. The summed E-state index contributed by atoms with van der Waals surface area (Å²) in [7, 11) is -3.47. The molecule has 26 heavy (non-hydrogen) atoms. The molecule has 1 amide bonds. The first-order chi connectivity index (χ1) is 12.4. The maximum absolute atomic E-state index is 12.7. The van der Waals surface area contributed by atoms with Gasteiger partial charge < -0.3 is 5.32 Å². The number of aryl methyl sites for hydroxylation is 2. The summed E-state index contributed by atoms with van der Waals surface area (Å²) in [6.45, 7) is 5.03. The molecule has 1 fully saturated rings. The molecular formula is C20H24N2O3S. The molecule has 0 unspecified atom stereocenters. The zero-order valence-electron chi connectivity index (χ0n) is 15.2. The number of rotatable bonds is 4. The standard InChI is InChI=1S/C20H24N2O3S/c1-15-6-7-16(2)19(14-15)21-20(23)17-8-10-18(11-9-17)26(24,25)22-12-4-3-5-13-22/h6-11,14H,3-5,12-13H2,1-2H3,(H,21,23). The third-order valence-electron chi connectivity index (χ3n) is 4.71. The normalized spacial score (nSPS) is 15.6. The van der Waals surface area contributed by atoms with Crippen LogP contribution in [0.4, 0.5) is 5.69 Å². The number of anilines is 1. The summed E-state index contributed by atoms with van der Waals surface area (Å²) in [6, 6.07) is 12.0. The lowest BCUT2D eigenvalue weighted by molar-refractivity contribution is 0.102. The van der Waals surface area contributed by atoms with E-state index in [1.165, 1.54) is 16.4 Å². The highest BCUT2D eigenvalue weighted by molar-refractivity contribution is 7.89. The van der Waals surface area contributed by atoms with Crippen molar-refractivity contribution in [3.63, 3.8) is 0 Å². The number of nitrogens with one attached hydrogen (secondary N) is 1. The first-order valence-electron chi connectivity index (χ1n) is 8.87. The number of nitrogens with zero attached hydrogens (tertiary/aromatic N) is 1. The SMILES string of the molecule is Cc1ccc(C)c(NC(=O)c2ccc(S(=O)(=O)N3CCCCC3)cc2)c1. The largest absolute Gasteiger partial charge is 0.322 e. The Labute approximate surface area is 155 Å². The minimum Gasteiger partial charge on any atom is -0.322 e. The Balaban J connectivity index is 1.76. The molecule has 6 heteroatoms. The second-order valence-corrected chi connectivity index (χ2v) is 8.70. The molecule has 1 N–H and O–H groups in total. The van der Waals surface area contributed by atoms with E-state index in [0.717, 1.165) is 36.1 Å². The van der Waals surface area contributed by atoms with Crippen molar-refractivity contribution >= 4 is 21.6 Å². The molecule has 2 aromatic rings. The fourth-order valence-electron chi connectivity index (χ4n) is 3.10. The molecule has 1 heterocycles. The van der Waals surface area contributed by atoms with Gasteiger partial charge in [-0.1, -0.05) is 18.6 Å². The number of sulfonamides is 1. The molecule has 1 aliphatic rings. The van der Waals surface area contributed by atoms with Crippen LogP contribution in [-0.4, -0.2) is 31.7 Å². The second kappa shape index (κ2) is 7.60. The Morgan fingerprint density at radius 3 is 2.27 bits per heavy atom. The summed E-state index contributed by atoms with van der Waals surface area (Å²) in [5, 5.41) is 2.89. The Morgan fingerprint density at radius 1 is 0.962 bits per heavy atom. The van der Waals surface area contributed by atoms with Crippen LogP contribution in [0.2, 0.25) is 0 Å². The molecule has 2 aromatic carbocycles. The molecule has 0 radical (unpaired) electrons. The van der Waals surface area contributed by atoms with Crippen LogP contribution in [0.25, 0.3) is 0 Å². The van der Waals surface area contributed by atoms with Gasteiger partial charge in [0.15, 0.2) is 0 Å². The fourth-order valence-corrected chi connectivity index (χ4v) is 4.61. The van der Waals surface area contributed by atoms with Crippen LogP contribution in [0.1, 0.15) is 40.7 Å². The highest BCUT2D eigenvalue weighted by Crippen LogP contribution is 2.22. The van der Waals surface area contributed by atoms with Gasteiger partial charge in [-0.25, -0.2) is 8.42 Å². The van der Waals surface area contributed by atoms with Gasteiger partial charge in [0.1, 0.15) is 0 Å². The third-order valence-corrected chi connectivity index (χ3v) is 6.62. The number of piperidine rings is 1. The molecule has 3 rings (SSSR count). The predicted molar refractivity (Wildman–Crippen MR) is 103 cm³/mol. The van der Waals surface area contributed by atoms with Gasteiger partial charge in [0.05, 0.1) is 4.90 Å². The number of carbonyl (C=O) groups is 1. The first-order valence-corrected chi connectivity index (χ1v) is 10.3. The monoisotopic (exact) mass is 372 g/mol. The number of carbonyl (C=O) groups excluding carboxylic acids is 1. The Kier molecular flexibility index (Phi) is 5.44. The van der Waals surface area contributed by atoms with Gasteiger partial charge in [-0.3, -0.25) is 4.79 Å². The van der Waals surface area contributed by atoms with E-state index in [0.29, 0.717) is 18.7 Å². The van der Waals surface area contributed by atoms with Crippen LogP contribution in [-0.2, 0) is 10.0 Å². The van der Waals surface area contributed by atoms with Gasteiger partial charge in [0.25, 0.3) is 5.91 Å². The van der Waals surface area contributed by atoms with Gasteiger partial charge in [0, 0.05) is 24.3 Å². The van der Waals surface area contributed by atoms with Crippen molar-refractivity contribution in [2.75, 3.05) is 18.4 Å². The minimum atomic E-state index is -3.47. The van der Waals surface area contributed by atoms with Crippen LogP contribution in [0.5, 0.6) is 0 Å². The number of amides is 1. The quantitative estimate of drug-likeness (QED) is 0.889. The van der Waals surface area contributed by atoms with Crippen molar-refractivity contribution in [3.05, 3.63) is 59.2 Å². The summed E-state index contributed by atoms with van der Waals surface area (Å²) in [5.74, 6) is -0.249. The summed E-state index contributed by atoms with van der Waals surface area (Å²) >= 11 is 0. The van der Waals surface area contributed by atoms with Crippen molar-refractivity contribution in [1.29, 1.82) is 0 Å². The van der Waals surface area contributed by atoms with E-state index in [9.17, 15) is 13.2 Å². The van der Waals surface area contributed by atoms with E-state index in [-0.39, 0.29) is 10.8 Å². The highest BCUT2D eigenvalue weighted by Gasteiger charge is 2.25. The molecule has 0 bridgehead atoms. The number of hydrogen-bond acceptors (Lipinski definition) is 3. The van der Waals surface area contributed by atoms with Gasteiger partial charge in [-0.05, 0) is 68.1 Å². The molecule has 0 saturated carbocycles. The Morgan fingerprint density at radius 2 is 1.62 bits per heavy atom. The summed E-state index contributed by atoms with van der Waals surface area (Å²) < 4.78 is 26.9. The Bertz CT molecular complexity index is 899. The maximum atomic E-state index is 12.7. The van der Waals surface area contributed by atoms with E-state index in [1.54, 1.807) is 12.1 Å². The van der Waals surface area contributed by atoms with E-state index < -0.39 is 10.0 Å². The topological polar surface area (TPSA) is 66.5 Å². The van der Waals surface area contributed by atoms with Crippen molar-refractivity contribution in [2.45, 2.75) is 38.0 Å². The third kappa shape index (κ3) is 3.97. The van der Waals surface area contributed by atoms with Gasteiger partial charge in [-0.15, -0.1) is 0 Å². The van der Waals surface area contributed by atoms with Crippen molar-refractivity contribution in [1.82, 2.24) is 4.31 Å². The second-order valence-electron chi connectivity index (χ2n) is 6.76. The zero-order valence-corrected chi connectivity index (χ0v) is 16.0. The summed E-state index contributed by atoms with van der Waals surface area (Å²) in [5.41, 5.74) is 3.24. The molecule has 138 valence electrons. The molecule has 0 spiro atoms. The smallest absolute Gasteiger partial charge is 0.255 e. The van der Waals surface area contributed by atoms with Crippen LogP contribution < -0.4 is 5.32 Å². The van der Waals surface area contributed by atoms with Gasteiger partial charge in [0.2, 0.25) is 10.0 Å². The number of hydrogen-bond donors (Lipinski definition) is 1. The van der Waals surface area contributed by atoms with Crippen LogP contribution in [0.3, 0.4) is 0 Å². The maximum Gasteiger partial charge on any atom is 0.255 e. The fraction of sp³-hybridized carbons (Fsp3) is 0.350.